The number of benzene rings is 6. The van der Waals surface area contributed by atoms with E-state index in [9.17, 15) is 0 Å². The Balaban J connectivity index is 1.46. The SMILES string of the molecule is Cc1ccc2c(c1)c1c3ccc(-c4ccccc4)cc3ccc1n2-c1ccc(-c2ccccc2)cc1. The lowest BCUT2D eigenvalue weighted by atomic mass is 9.98. The Kier molecular flexibility index (Phi) is 4.75. The highest BCUT2D eigenvalue weighted by molar-refractivity contribution is 6.21. The molecule has 0 amide bonds. The highest BCUT2D eigenvalue weighted by Gasteiger charge is 2.15. The maximum Gasteiger partial charge on any atom is 0.0547 e. The van der Waals surface area contributed by atoms with E-state index in [1.165, 1.54) is 66.1 Å². The van der Waals surface area contributed by atoms with Gasteiger partial charge in [-0.3, -0.25) is 0 Å². The Hall–Kier alpha value is -4.62. The van der Waals surface area contributed by atoms with Crippen molar-refractivity contribution >= 4 is 32.6 Å². The van der Waals surface area contributed by atoms with Gasteiger partial charge in [-0.25, -0.2) is 0 Å². The number of hydrogen-bond acceptors (Lipinski definition) is 0. The van der Waals surface area contributed by atoms with E-state index in [1.807, 2.05) is 0 Å². The van der Waals surface area contributed by atoms with E-state index in [0.29, 0.717) is 0 Å². The summed E-state index contributed by atoms with van der Waals surface area (Å²) in [6, 6.07) is 48.3. The molecular weight excluding hydrogens is 434 g/mol. The Labute approximate surface area is 210 Å². The maximum atomic E-state index is 2.41. The smallest absolute Gasteiger partial charge is 0.0547 e. The molecule has 7 rings (SSSR count). The largest absolute Gasteiger partial charge is 0.309 e. The molecule has 1 nitrogen and oxygen atoms in total. The molecule has 0 saturated heterocycles. The fourth-order valence-electron chi connectivity index (χ4n) is 5.48. The van der Waals surface area contributed by atoms with E-state index < -0.39 is 0 Å². The standard InChI is InChI=1S/C35H25N/c1-24-12-20-33-32(22-24)35-31-19-15-28(26-10-6-3-7-11-26)23-29(31)16-21-34(35)36(33)30-17-13-27(14-18-30)25-8-4-2-5-9-25/h2-23H,1H3. The molecule has 1 heteroatoms. The van der Waals surface area contributed by atoms with Gasteiger partial charge in [0, 0.05) is 16.5 Å². The molecule has 0 aliphatic heterocycles. The van der Waals surface area contributed by atoms with E-state index in [0.717, 1.165) is 0 Å². The number of aryl methyl sites for hydroxylation is 1. The molecule has 170 valence electrons. The van der Waals surface area contributed by atoms with Gasteiger partial charge in [0.15, 0.2) is 0 Å². The van der Waals surface area contributed by atoms with Gasteiger partial charge in [-0.05, 0) is 76.3 Å². The minimum atomic E-state index is 1.18. The van der Waals surface area contributed by atoms with E-state index in [1.54, 1.807) is 0 Å². The lowest BCUT2D eigenvalue weighted by Crippen LogP contribution is -1.94. The van der Waals surface area contributed by atoms with Crippen LogP contribution in [-0.2, 0) is 0 Å². The zero-order valence-corrected chi connectivity index (χ0v) is 20.1. The zero-order valence-electron chi connectivity index (χ0n) is 20.1. The lowest BCUT2D eigenvalue weighted by Gasteiger charge is -2.10. The predicted octanol–water partition coefficient (Wildman–Crippen LogP) is 9.58. The third kappa shape index (κ3) is 3.32. The first kappa shape index (κ1) is 20.7. The molecule has 0 radical (unpaired) electrons. The van der Waals surface area contributed by atoms with Crippen LogP contribution in [0.25, 0.3) is 60.5 Å². The van der Waals surface area contributed by atoms with Gasteiger partial charge < -0.3 is 4.57 Å². The summed E-state index contributed by atoms with van der Waals surface area (Å²) < 4.78 is 2.41. The number of rotatable bonds is 3. The Morgan fingerprint density at radius 2 is 1.06 bits per heavy atom. The second-order valence-electron chi connectivity index (χ2n) is 9.53. The average Bonchev–Trinajstić information content (AvgIpc) is 3.27. The fourth-order valence-corrected chi connectivity index (χ4v) is 5.48. The summed E-state index contributed by atoms with van der Waals surface area (Å²) in [7, 11) is 0. The summed E-state index contributed by atoms with van der Waals surface area (Å²) in [5.41, 5.74) is 9.90. The molecule has 36 heavy (non-hydrogen) atoms. The first-order valence-corrected chi connectivity index (χ1v) is 12.5. The van der Waals surface area contributed by atoms with Crippen LogP contribution in [0.2, 0.25) is 0 Å². The highest BCUT2D eigenvalue weighted by atomic mass is 15.0. The second kappa shape index (κ2) is 8.25. The topological polar surface area (TPSA) is 4.93 Å². The van der Waals surface area contributed by atoms with Crippen LogP contribution in [0, 0.1) is 6.92 Å². The van der Waals surface area contributed by atoms with Gasteiger partial charge in [0.05, 0.1) is 11.0 Å². The van der Waals surface area contributed by atoms with Crippen molar-refractivity contribution in [2.45, 2.75) is 6.92 Å². The highest BCUT2D eigenvalue weighted by Crippen LogP contribution is 2.38. The third-order valence-corrected chi connectivity index (χ3v) is 7.24. The molecule has 7 aromatic rings. The van der Waals surface area contributed by atoms with Gasteiger partial charge in [-0.15, -0.1) is 0 Å². The number of fused-ring (bicyclic) bond motifs is 5. The van der Waals surface area contributed by atoms with Gasteiger partial charge >= 0.3 is 0 Å². The number of aromatic nitrogens is 1. The number of nitrogens with zero attached hydrogens (tertiary/aromatic N) is 1. The Morgan fingerprint density at radius 1 is 0.444 bits per heavy atom. The monoisotopic (exact) mass is 459 g/mol. The molecule has 0 fully saturated rings. The van der Waals surface area contributed by atoms with Gasteiger partial charge in [0.25, 0.3) is 0 Å². The summed E-state index contributed by atoms with van der Waals surface area (Å²) in [5, 5.41) is 5.18. The van der Waals surface area contributed by atoms with Crippen LogP contribution in [0.1, 0.15) is 5.56 Å². The van der Waals surface area contributed by atoms with Crippen molar-refractivity contribution in [2.75, 3.05) is 0 Å². The van der Waals surface area contributed by atoms with Crippen LogP contribution >= 0.6 is 0 Å². The van der Waals surface area contributed by atoms with E-state index in [4.69, 9.17) is 0 Å². The third-order valence-electron chi connectivity index (χ3n) is 7.24. The molecule has 0 N–H and O–H groups in total. The van der Waals surface area contributed by atoms with Crippen molar-refractivity contribution in [3.63, 3.8) is 0 Å². The van der Waals surface area contributed by atoms with E-state index in [2.05, 4.69) is 145 Å². The summed E-state index contributed by atoms with van der Waals surface area (Å²) >= 11 is 0. The minimum absolute atomic E-state index is 1.18. The quantitative estimate of drug-likeness (QED) is 0.248. The van der Waals surface area contributed by atoms with Crippen LogP contribution in [0.4, 0.5) is 0 Å². The molecule has 0 bridgehead atoms. The Bertz CT molecular complexity index is 1860. The van der Waals surface area contributed by atoms with Gasteiger partial charge in [0.2, 0.25) is 0 Å². The maximum absolute atomic E-state index is 2.41. The first-order chi connectivity index (χ1) is 17.8. The van der Waals surface area contributed by atoms with Crippen LogP contribution in [0.3, 0.4) is 0 Å². The van der Waals surface area contributed by atoms with Gasteiger partial charge in [-0.2, -0.15) is 0 Å². The lowest BCUT2D eigenvalue weighted by molar-refractivity contribution is 1.18. The molecule has 0 atom stereocenters. The molecule has 0 saturated carbocycles. The fraction of sp³-hybridized carbons (Fsp3) is 0.0286. The van der Waals surface area contributed by atoms with Crippen molar-refractivity contribution in [1.29, 1.82) is 0 Å². The zero-order chi connectivity index (χ0) is 24.1. The van der Waals surface area contributed by atoms with Crippen molar-refractivity contribution in [3.05, 3.63) is 139 Å². The molecular formula is C35H25N. The first-order valence-electron chi connectivity index (χ1n) is 12.5. The average molecular weight is 460 g/mol. The molecule has 0 spiro atoms. The minimum Gasteiger partial charge on any atom is -0.309 e. The normalized spacial score (nSPS) is 11.5. The molecule has 1 aromatic heterocycles. The van der Waals surface area contributed by atoms with Crippen molar-refractivity contribution in [2.24, 2.45) is 0 Å². The van der Waals surface area contributed by atoms with Crippen molar-refractivity contribution in [1.82, 2.24) is 4.57 Å². The summed E-state index contributed by atoms with van der Waals surface area (Å²) in [5.74, 6) is 0. The van der Waals surface area contributed by atoms with E-state index >= 15 is 0 Å². The van der Waals surface area contributed by atoms with Crippen LogP contribution in [0.5, 0.6) is 0 Å². The van der Waals surface area contributed by atoms with Crippen LogP contribution in [-0.4, -0.2) is 4.57 Å². The summed E-state index contributed by atoms with van der Waals surface area (Å²) in [6.45, 7) is 2.18. The summed E-state index contributed by atoms with van der Waals surface area (Å²) in [4.78, 5) is 0. The molecule has 0 aliphatic carbocycles. The summed E-state index contributed by atoms with van der Waals surface area (Å²) in [6.07, 6.45) is 0. The predicted molar refractivity (Wildman–Crippen MR) is 154 cm³/mol. The van der Waals surface area contributed by atoms with Crippen LogP contribution < -0.4 is 0 Å². The molecule has 1 heterocycles. The van der Waals surface area contributed by atoms with Gasteiger partial charge in [0.1, 0.15) is 0 Å². The van der Waals surface area contributed by atoms with E-state index in [-0.39, 0.29) is 0 Å². The van der Waals surface area contributed by atoms with Crippen LogP contribution in [0.15, 0.2) is 133 Å². The van der Waals surface area contributed by atoms with Crippen molar-refractivity contribution < 1.29 is 0 Å². The molecule has 6 aromatic carbocycles. The molecule has 0 unspecified atom stereocenters. The van der Waals surface area contributed by atoms with Crippen molar-refractivity contribution in [3.8, 4) is 27.9 Å². The van der Waals surface area contributed by atoms with Gasteiger partial charge in [-0.1, -0.05) is 103 Å². The number of hydrogen-bond donors (Lipinski definition) is 0. The Morgan fingerprint density at radius 3 is 1.78 bits per heavy atom. The molecule has 0 aliphatic rings. The second-order valence-corrected chi connectivity index (χ2v) is 9.53.